The number of carbonyl (C=O) groups excluding carboxylic acids is 1. The summed E-state index contributed by atoms with van der Waals surface area (Å²) in [5, 5.41) is 58.2. The summed E-state index contributed by atoms with van der Waals surface area (Å²) in [4.78, 5) is 62.1. The van der Waals surface area contributed by atoms with Crippen LogP contribution in [0.5, 0.6) is 0 Å². The monoisotopic (exact) mass is 586 g/mol. The molecule has 0 heterocycles. The number of carboxylic acids is 4. The highest BCUT2D eigenvalue weighted by Crippen LogP contribution is 2.07. The highest BCUT2D eigenvalue weighted by molar-refractivity contribution is 5.83. The number of carboxylic acid groups (broad SMARTS) is 4. The van der Waals surface area contributed by atoms with Gasteiger partial charge < -0.3 is 40.7 Å². The molecule has 0 aromatic heterocycles. The molecule has 1 rings (SSSR count). The molecule has 16 nitrogen and oxygen atoms in total. The fraction of sp³-hybridized carbons (Fsp3) is 0.560. The molecule has 1 aromatic rings. The number of amides is 1. The molecule has 7 N–H and O–H groups in total. The Hall–Kier alpha value is -3.67. The van der Waals surface area contributed by atoms with Gasteiger partial charge in [0.05, 0.1) is 58.6 Å². The van der Waals surface area contributed by atoms with Gasteiger partial charge in [-0.25, -0.2) is 0 Å². The summed E-state index contributed by atoms with van der Waals surface area (Å²) >= 11 is 0. The van der Waals surface area contributed by atoms with Gasteiger partial charge in [-0.1, -0.05) is 30.3 Å². The number of aliphatic hydroxyl groups is 2. The largest absolute Gasteiger partial charge is 0.480 e. The number of aliphatic hydroxyl groups excluding tert-OH is 2. The number of carbonyl (C=O) groups is 5. The Morgan fingerprint density at radius 1 is 0.707 bits per heavy atom. The van der Waals surface area contributed by atoms with Crippen LogP contribution in [0, 0.1) is 0 Å². The quantitative estimate of drug-likeness (QED) is 0.0690. The molecule has 230 valence electrons. The maximum absolute atomic E-state index is 13.1. The third kappa shape index (κ3) is 15.6. The van der Waals surface area contributed by atoms with E-state index in [9.17, 15) is 44.4 Å². The molecule has 0 aliphatic heterocycles. The van der Waals surface area contributed by atoms with Crippen molar-refractivity contribution in [2.75, 3.05) is 72.2 Å². The zero-order valence-corrected chi connectivity index (χ0v) is 22.5. The normalized spacial score (nSPS) is 12.1. The van der Waals surface area contributed by atoms with Crippen molar-refractivity contribution >= 4 is 29.8 Å². The van der Waals surface area contributed by atoms with E-state index in [0.29, 0.717) is 0 Å². The van der Waals surface area contributed by atoms with Crippen LogP contribution >= 0.6 is 0 Å². The highest BCUT2D eigenvalue weighted by Gasteiger charge is 2.30. The Morgan fingerprint density at radius 2 is 1.20 bits per heavy atom. The number of nitrogens with one attached hydrogen (secondary N) is 1. The minimum absolute atomic E-state index is 0.0633. The van der Waals surface area contributed by atoms with Crippen LogP contribution in [0.2, 0.25) is 0 Å². The van der Waals surface area contributed by atoms with Crippen molar-refractivity contribution in [2.24, 2.45) is 0 Å². The Morgan fingerprint density at radius 3 is 1.71 bits per heavy atom. The Balaban J connectivity index is 3.08. The second-order valence-corrected chi connectivity index (χ2v) is 9.12. The molecule has 0 unspecified atom stereocenters. The number of rotatable bonds is 23. The molecule has 0 aliphatic carbocycles. The van der Waals surface area contributed by atoms with Gasteiger partial charge in [0.1, 0.15) is 6.04 Å². The average Bonchev–Trinajstić information content (AvgIpc) is 2.89. The Kier molecular flexibility index (Phi) is 16.7. The molecule has 0 saturated carbocycles. The first kappa shape index (κ1) is 35.4. The third-order valence-corrected chi connectivity index (χ3v) is 5.77. The van der Waals surface area contributed by atoms with E-state index in [2.05, 4.69) is 5.32 Å². The van der Waals surface area contributed by atoms with Gasteiger partial charge in [-0.2, -0.15) is 0 Å². The number of hydrogen-bond donors (Lipinski definition) is 7. The molecule has 16 heteroatoms. The van der Waals surface area contributed by atoms with Crippen molar-refractivity contribution in [3.63, 3.8) is 0 Å². The maximum Gasteiger partial charge on any atom is 0.317 e. The van der Waals surface area contributed by atoms with Crippen LogP contribution in [0.3, 0.4) is 0 Å². The van der Waals surface area contributed by atoms with Gasteiger partial charge in [0, 0.05) is 26.2 Å². The predicted molar refractivity (Wildman–Crippen MR) is 141 cm³/mol. The summed E-state index contributed by atoms with van der Waals surface area (Å²) in [6.07, 6.45) is 0. The van der Waals surface area contributed by atoms with E-state index in [0.717, 1.165) is 10.5 Å². The van der Waals surface area contributed by atoms with Crippen molar-refractivity contribution in [2.45, 2.75) is 18.7 Å². The molecule has 0 fully saturated rings. The molecule has 0 radical (unpaired) electrons. The van der Waals surface area contributed by atoms with Gasteiger partial charge in [-0.05, 0) is 5.56 Å². The SMILES string of the molecule is O=C(O)CN(CCN(CC(=O)O)CC(=O)O)CCN(CC(=O)O)[C@H](COCc1ccccc1)C(=O)NC(CO)CO. The topological polar surface area (TPSA) is 238 Å². The lowest BCUT2D eigenvalue weighted by Gasteiger charge is -2.32. The molecule has 0 bridgehead atoms. The Bertz CT molecular complexity index is 961. The van der Waals surface area contributed by atoms with E-state index < -0.39 is 81.3 Å². The summed E-state index contributed by atoms with van der Waals surface area (Å²) in [7, 11) is 0. The maximum atomic E-state index is 13.1. The van der Waals surface area contributed by atoms with Crippen LogP contribution in [0.4, 0.5) is 0 Å². The van der Waals surface area contributed by atoms with Crippen molar-refractivity contribution in [3.05, 3.63) is 35.9 Å². The molecular formula is C25H38N4O12. The van der Waals surface area contributed by atoms with Gasteiger partial charge in [0.2, 0.25) is 5.91 Å². The number of nitrogens with zero attached hydrogens (tertiary/aromatic N) is 3. The van der Waals surface area contributed by atoms with Crippen LogP contribution in [-0.2, 0) is 35.3 Å². The molecule has 0 aliphatic rings. The molecule has 1 amide bonds. The van der Waals surface area contributed by atoms with Crippen molar-refractivity contribution in [3.8, 4) is 0 Å². The fourth-order valence-corrected chi connectivity index (χ4v) is 3.79. The van der Waals surface area contributed by atoms with Crippen molar-refractivity contribution in [1.82, 2.24) is 20.0 Å². The lowest BCUT2D eigenvalue weighted by molar-refractivity contribution is -0.143. The van der Waals surface area contributed by atoms with Crippen molar-refractivity contribution < 1.29 is 59.3 Å². The smallest absolute Gasteiger partial charge is 0.317 e. The van der Waals surface area contributed by atoms with E-state index in [1.54, 1.807) is 24.3 Å². The minimum Gasteiger partial charge on any atom is -0.480 e. The fourth-order valence-electron chi connectivity index (χ4n) is 3.79. The van der Waals surface area contributed by atoms with E-state index in [4.69, 9.17) is 14.9 Å². The number of ether oxygens (including phenoxy) is 1. The Labute approximate surface area is 236 Å². The lowest BCUT2D eigenvalue weighted by Crippen LogP contribution is -2.56. The van der Waals surface area contributed by atoms with Gasteiger partial charge >= 0.3 is 23.9 Å². The average molecular weight is 587 g/mol. The molecule has 0 saturated heterocycles. The molecular weight excluding hydrogens is 548 g/mol. The first-order valence-corrected chi connectivity index (χ1v) is 12.6. The van der Waals surface area contributed by atoms with E-state index in [-0.39, 0.29) is 39.4 Å². The summed E-state index contributed by atoms with van der Waals surface area (Å²) in [5.41, 5.74) is 0.792. The second kappa shape index (κ2) is 19.4. The molecule has 0 spiro atoms. The zero-order valence-electron chi connectivity index (χ0n) is 22.5. The number of benzene rings is 1. The molecule has 41 heavy (non-hydrogen) atoms. The predicted octanol–water partition coefficient (Wildman–Crippen LogP) is -2.71. The molecule has 1 aromatic carbocycles. The highest BCUT2D eigenvalue weighted by atomic mass is 16.5. The number of aliphatic carboxylic acids is 4. The third-order valence-electron chi connectivity index (χ3n) is 5.77. The van der Waals surface area contributed by atoms with E-state index in [1.165, 1.54) is 9.80 Å². The summed E-state index contributed by atoms with van der Waals surface area (Å²) in [6, 6.07) is 6.75. The van der Waals surface area contributed by atoms with Crippen LogP contribution in [0.15, 0.2) is 30.3 Å². The van der Waals surface area contributed by atoms with Crippen LogP contribution in [-0.4, -0.2) is 159 Å². The van der Waals surface area contributed by atoms with Crippen LogP contribution in [0.25, 0.3) is 0 Å². The molecule has 1 atom stereocenters. The van der Waals surface area contributed by atoms with Gasteiger partial charge in [-0.15, -0.1) is 0 Å². The summed E-state index contributed by atoms with van der Waals surface area (Å²) < 4.78 is 5.69. The van der Waals surface area contributed by atoms with Crippen molar-refractivity contribution in [1.29, 1.82) is 0 Å². The standard InChI is InChI=1S/C25H38N4O12/c30-14-19(15-31)26-25(40)20(17-41-16-18-4-2-1-3-5-18)29(13-24(38)39)9-8-27(10-21(32)33)6-7-28(11-22(34)35)12-23(36)37/h1-5,19-20,30-31H,6-17H2,(H,26,40)(H,32,33)(H,34,35)(H,36,37)(H,38,39)/t20-/m1/s1. The zero-order chi connectivity index (χ0) is 30.8. The number of hydrogen-bond acceptors (Lipinski definition) is 11. The first-order valence-electron chi connectivity index (χ1n) is 12.6. The van der Waals surface area contributed by atoms with Gasteiger partial charge in [0.15, 0.2) is 0 Å². The first-order chi connectivity index (χ1) is 19.4. The summed E-state index contributed by atoms with van der Waals surface area (Å²) in [6.45, 7) is -4.06. The van der Waals surface area contributed by atoms with Crippen LogP contribution < -0.4 is 5.32 Å². The van der Waals surface area contributed by atoms with Gasteiger partial charge in [-0.3, -0.25) is 38.7 Å². The minimum atomic E-state index is -1.29. The van der Waals surface area contributed by atoms with Gasteiger partial charge in [0.25, 0.3) is 0 Å². The second-order valence-electron chi connectivity index (χ2n) is 9.12. The lowest BCUT2D eigenvalue weighted by atomic mass is 10.2. The van der Waals surface area contributed by atoms with E-state index >= 15 is 0 Å². The van der Waals surface area contributed by atoms with E-state index in [1.807, 2.05) is 6.07 Å². The van der Waals surface area contributed by atoms with Crippen LogP contribution in [0.1, 0.15) is 5.56 Å². The summed E-state index contributed by atoms with van der Waals surface area (Å²) in [5.74, 6) is -5.78.